The summed E-state index contributed by atoms with van der Waals surface area (Å²) in [4.78, 5) is 13.3. The van der Waals surface area contributed by atoms with Gasteiger partial charge in [-0.3, -0.25) is 4.79 Å². The number of aromatic nitrogens is 2. The van der Waals surface area contributed by atoms with Gasteiger partial charge in [0, 0.05) is 22.0 Å². The van der Waals surface area contributed by atoms with Gasteiger partial charge < -0.3 is 5.32 Å². The van der Waals surface area contributed by atoms with E-state index in [4.69, 9.17) is 11.6 Å². The van der Waals surface area contributed by atoms with Crippen LogP contribution in [0.25, 0.3) is 0 Å². The third kappa shape index (κ3) is 4.25. The first-order valence-corrected chi connectivity index (χ1v) is 7.99. The van der Waals surface area contributed by atoms with Gasteiger partial charge in [-0.05, 0) is 45.0 Å². The number of rotatable bonds is 5. The summed E-state index contributed by atoms with van der Waals surface area (Å²) in [6.07, 6.45) is 1.69. The molecule has 1 aromatic heterocycles. The Kier molecular flexibility index (Phi) is 5.31. The highest BCUT2D eigenvalue weighted by Crippen LogP contribution is 2.25. The number of hydrogen-bond donors (Lipinski definition) is 1. The summed E-state index contributed by atoms with van der Waals surface area (Å²) in [5.41, 5.74) is 0. The number of hydrogen-bond acceptors (Lipinski definition) is 3. The first kappa shape index (κ1) is 15.9. The molecule has 0 bridgehead atoms. The van der Waals surface area contributed by atoms with E-state index in [0.717, 1.165) is 10.7 Å². The molecule has 6 heteroatoms. The fourth-order valence-electron chi connectivity index (χ4n) is 1.82. The zero-order chi connectivity index (χ0) is 15.4. The minimum absolute atomic E-state index is 0.0441. The van der Waals surface area contributed by atoms with E-state index in [0.29, 0.717) is 5.02 Å². The van der Waals surface area contributed by atoms with Crippen molar-refractivity contribution in [2.24, 2.45) is 0 Å². The van der Waals surface area contributed by atoms with E-state index in [9.17, 15) is 4.79 Å². The lowest BCUT2D eigenvalue weighted by Gasteiger charge is -2.15. The van der Waals surface area contributed by atoms with Crippen molar-refractivity contribution in [3.05, 3.63) is 41.6 Å². The van der Waals surface area contributed by atoms with E-state index in [1.165, 1.54) is 11.8 Å². The number of thioether (sulfide) groups is 1. The largest absolute Gasteiger partial charge is 0.310 e. The van der Waals surface area contributed by atoms with Crippen LogP contribution in [-0.4, -0.2) is 20.9 Å². The maximum Gasteiger partial charge on any atom is 0.238 e. The Morgan fingerprint density at radius 3 is 2.52 bits per heavy atom. The van der Waals surface area contributed by atoms with Crippen LogP contribution in [0.2, 0.25) is 5.02 Å². The van der Waals surface area contributed by atoms with Crippen molar-refractivity contribution < 1.29 is 4.79 Å². The Hall–Kier alpha value is -1.46. The second-order valence-corrected chi connectivity index (χ2v) is 6.81. The van der Waals surface area contributed by atoms with Gasteiger partial charge in [-0.25, -0.2) is 4.68 Å². The summed E-state index contributed by atoms with van der Waals surface area (Å²) in [6.45, 7) is 5.92. The van der Waals surface area contributed by atoms with E-state index in [2.05, 4.69) is 10.4 Å². The van der Waals surface area contributed by atoms with Crippen LogP contribution in [0.15, 0.2) is 41.4 Å². The van der Waals surface area contributed by atoms with Crippen LogP contribution in [-0.2, 0) is 4.79 Å². The Morgan fingerprint density at radius 2 is 1.90 bits per heavy atom. The molecule has 4 nitrogen and oxygen atoms in total. The molecule has 0 spiro atoms. The quantitative estimate of drug-likeness (QED) is 0.837. The minimum Gasteiger partial charge on any atom is -0.310 e. The molecule has 1 aromatic carbocycles. The molecular formula is C15H18ClN3OS. The van der Waals surface area contributed by atoms with Crippen LogP contribution in [0, 0.1) is 0 Å². The van der Waals surface area contributed by atoms with Gasteiger partial charge in [0.2, 0.25) is 5.91 Å². The van der Waals surface area contributed by atoms with Gasteiger partial charge in [-0.1, -0.05) is 11.6 Å². The van der Waals surface area contributed by atoms with Crippen molar-refractivity contribution in [1.29, 1.82) is 0 Å². The lowest BCUT2D eigenvalue weighted by Crippen LogP contribution is -2.24. The summed E-state index contributed by atoms with van der Waals surface area (Å²) in [5, 5.41) is 7.61. The van der Waals surface area contributed by atoms with Crippen LogP contribution in [0.4, 0.5) is 5.82 Å². The molecule has 0 radical (unpaired) electrons. The number of carbonyl (C=O) groups is 1. The number of anilines is 1. The fourth-order valence-corrected chi connectivity index (χ4v) is 2.82. The molecule has 112 valence electrons. The molecule has 0 fully saturated rings. The predicted octanol–water partition coefficient (Wildman–Crippen LogP) is 4.24. The molecule has 1 amide bonds. The van der Waals surface area contributed by atoms with Crippen LogP contribution < -0.4 is 5.32 Å². The average Bonchev–Trinajstić information content (AvgIpc) is 2.89. The SMILES string of the molecule is CC(Sc1ccc(Cl)cc1)C(=O)Nc1ccnn1C(C)C. The number of halogens is 1. The van der Waals surface area contributed by atoms with Gasteiger partial charge >= 0.3 is 0 Å². The van der Waals surface area contributed by atoms with E-state index >= 15 is 0 Å². The molecule has 0 aliphatic heterocycles. The molecular weight excluding hydrogens is 306 g/mol. The summed E-state index contributed by atoms with van der Waals surface area (Å²) in [5.74, 6) is 0.677. The lowest BCUT2D eigenvalue weighted by molar-refractivity contribution is -0.115. The van der Waals surface area contributed by atoms with Crippen molar-refractivity contribution in [1.82, 2.24) is 9.78 Å². The predicted molar refractivity (Wildman–Crippen MR) is 88.0 cm³/mol. The van der Waals surface area contributed by atoms with Crippen LogP contribution in [0.5, 0.6) is 0 Å². The van der Waals surface area contributed by atoms with E-state index in [1.807, 2.05) is 45.0 Å². The zero-order valence-corrected chi connectivity index (χ0v) is 13.8. The highest BCUT2D eigenvalue weighted by molar-refractivity contribution is 8.00. The number of nitrogens with zero attached hydrogens (tertiary/aromatic N) is 2. The van der Waals surface area contributed by atoms with Gasteiger partial charge in [0.05, 0.1) is 11.4 Å². The standard InChI is InChI=1S/C15H18ClN3OS/c1-10(2)19-14(8-9-17-19)18-15(20)11(3)21-13-6-4-12(16)5-7-13/h4-11H,1-3H3,(H,18,20). The Bertz CT molecular complexity index is 610. The molecule has 0 aliphatic carbocycles. The van der Waals surface area contributed by atoms with Crippen LogP contribution in [0.3, 0.4) is 0 Å². The normalized spacial score (nSPS) is 12.4. The summed E-state index contributed by atoms with van der Waals surface area (Å²) in [6, 6.07) is 9.47. The average molecular weight is 324 g/mol. The van der Waals surface area contributed by atoms with Crippen LogP contribution in [0.1, 0.15) is 26.8 Å². The Labute approximate surface area is 133 Å². The smallest absolute Gasteiger partial charge is 0.238 e. The molecule has 0 aliphatic rings. The maximum atomic E-state index is 12.3. The number of nitrogens with one attached hydrogen (secondary N) is 1. The maximum absolute atomic E-state index is 12.3. The highest BCUT2D eigenvalue weighted by atomic mass is 35.5. The van der Waals surface area contributed by atoms with Gasteiger partial charge in [-0.15, -0.1) is 11.8 Å². The summed E-state index contributed by atoms with van der Waals surface area (Å²) >= 11 is 7.35. The fraction of sp³-hybridized carbons (Fsp3) is 0.333. The first-order chi connectivity index (χ1) is 9.97. The Morgan fingerprint density at radius 1 is 1.24 bits per heavy atom. The van der Waals surface area contributed by atoms with Gasteiger partial charge in [0.25, 0.3) is 0 Å². The van der Waals surface area contributed by atoms with E-state index in [-0.39, 0.29) is 17.2 Å². The third-order valence-corrected chi connectivity index (χ3v) is 4.27. The Balaban J connectivity index is 1.99. The van der Waals surface area contributed by atoms with Crippen molar-refractivity contribution >= 4 is 35.1 Å². The van der Waals surface area contributed by atoms with E-state index in [1.54, 1.807) is 16.9 Å². The van der Waals surface area contributed by atoms with Crippen molar-refractivity contribution in [3.63, 3.8) is 0 Å². The van der Waals surface area contributed by atoms with Gasteiger partial charge in [0.1, 0.15) is 5.82 Å². The molecule has 1 heterocycles. The number of benzene rings is 1. The van der Waals surface area contributed by atoms with Gasteiger partial charge in [0.15, 0.2) is 0 Å². The minimum atomic E-state index is -0.207. The van der Waals surface area contributed by atoms with Crippen molar-refractivity contribution in [2.45, 2.75) is 37.0 Å². The van der Waals surface area contributed by atoms with Crippen molar-refractivity contribution in [3.8, 4) is 0 Å². The zero-order valence-electron chi connectivity index (χ0n) is 12.2. The van der Waals surface area contributed by atoms with Gasteiger partial charge in [-0.2, -0.15) is 5.10 Å². The molecule has 0 saturated heterocycles. The topological polar surface area (TPSA) is 46.9 Å². The molecule has 1 N–H and O–H groups in total. The third-order valence-electron chi connectivity index (χ3n) is 2.91. The molecule has 1 atom stereocenters. The number of carbonyl (C=O) groups excluding carboxylic acids is 1. The highest BCUT2D eigenvalue weighted by Gasteiger charge is 2.17. The molecule has 21 heavy (non-hydrogen) atoms. The molecule has 1 unspecified atom stereocenters. The second kappa shape index (κ2) is 7.00. The summed E-state index contributed by atoms with van der Waals surface area (Å²) in [7, 11) is 0. The van der Waals surface area contributed by atoms with Crippen LogP contribution >= 0.6 is 23.4 Å². The first-order valence-electron chi connectivity index (χ1n) is 6.74. The molecule has 0 saturated carbocycles. The molecule has 2 rings (SSSR count). The lowest BCUT2D eigenvalue weighted by atomic mass is 10.4. The number of amides is 1. The summed E-state index contributed by atoms with van der Waals surface area (Å²) < 4.78 is 1.79. The van der Waals surface area contributed by atoms with Crippen molar-refractivity contribution in [2.75, 3.05) is 5.32 Å². The van der Waals surface area contributed by atoms with E-state index < -0.39 is 0 Å². The molecule has 2 aromatic rings. The monoisotopic (exact) mass is 323 g/mol. The second-order valence-electron chi connectivity index (χ2n) is 4.96.